The number of nitrogens with zero attached hydrogens (tertiary/aromatic N) is 1. The molecular formula is C16H22N2O4S. The molecule has 2 unspecified atom stereocenters. The molecule has 6 nitrogen and oxygen atoms in total. The summed E-state index contributed by atoms with van der Waals surface area (Å²) in [5.74, 6) is -0.358. The molecule has 1 saturated heterocycles. The Morgan fingerprint density at radius 3 is 2.65 bits per heavy atom. The highest BCUT2D eigenvalue weighted by Crippen LogP contribution is 2.22. The molecule has 126 valence electrons. The molecule has 1 fully saturated rings. The highest BCUT2D eigenvalue weighted by Gasteiger charge is 2.38. The number of anilines is 1. The molecule has 2 amide bonds. The summed E-state index contributed by atoms with van der Waals surface area (Å²) < 4.78 is 23.8. The van der Waals surface area contributed by atoms with Gasteiger partial charge in [-0.1, -0.05) is 13.0 Å². The summed E-state index contributed by atoms with van der Waals surface area (Å²) in [6, 6.07) is 6.33. The van der Waals surface area contributed by atoms with E-state index in [0.29, 0.717) is 17.7 Å². The first-order chi connectivity index (χ1) is 10.8. The van der Waals surface area contributed by atoms with Crippen molar-refractivity contribution in [2.24, 2.45) is 0 Å². The molecule has 1 aliphatic heterocycles. The van der Waals surface area contributed by atoms with E-state index in [0.717, 1.165) is 0 Å². The number of nitrogens with one attached hydrogen (secondary N) is 1. The van der Waals surface area contributed by atoms with Crippen LogP contribution in [0.4, 0.5) is 5.69 Å². The third-order valence-electron chi connectivity index (χ3n) is 4.33. The normalized spacial score (nSPS) is 23.3. The predicted molar refractivity (Wildman–Crippen MR) is 89.1 cm³/mol. The van der Waals surface area contributed by atoms with Crippen LogP contribution in [0, 0.1) is 0 Å². The molecule has 1 aromatic rings. The number of sulfone groups is 1. The topological polar surface area (TPSA) is 83.6 Å². The maximum Gasteiger partial charge on any atom is 0.254 e. The van der Waals surface area contributed by atoms with Gasteiger partial charge in [-0.2, -0.15) is 0 Å². The van der Waals surface area contributed by atoms with Crippen LogP contribution in [0.1, 0.15) is 37.6 Å². The fourth-order valence-corrected chi connectivity index (χ4v) is 4.17. The molecule has 0 radical (unpaired) electrons. The Hall–Kier alpha value is -1.89. The fraction of sp³-hybridized carbons (Fsp3) is 0.500. The van der Waals surface area contributed by atoms with Crippen molar-refractivity contribution >= 4 is 27.3 Å². The number of hydrogen-bond donors (Lipinski definition) is 1. The molecule has 0 saturated carbocycles. The van der Waals surface area contributed by atoms with Crippen molar-refractivity contribution in [3.63, 3.8) is 0 Å². The van der Waals surface area contributed by atoms with Crippen LogP contribution in [0.25, 0.3) is 0 Å². The van der Waals surface area contributed by atoms with Crippen LogP contribution in [-0.2, 0) is 14.6 Å². The Kier molecular flexibility index (Phi) is 5.09. The van der Waals surface area contributed by atoms with Crippen LogP contribution in [0.3, 0.4) is 0 Å². The lowest BCUT2D eigenvalue weighted by atomic mass is 10.1. The number of rotatable bonds is 3. The number of amides is 2. The van der Waals surface area contributed by atoms with Gasteiger partial charge in [-0.15, -0.1) is 0 Å². The summed E-state index contributed by atoms with van der Waals surface area (Å²) in [5.41, 5.74) is 1.00. The van der Waals surface area contributed by atoms with Crippen LogP contribution >= 0.6 is 0 Å². The number of hydrogen-bond acceptors (Lipinski definition) is 4. The average molecular weight is 338 g/mol. The smallest absolute Gasteiger partial charge is 0.254 e. The van der Waals surface area contributed by atoms with Crippen molar-refractivity contribution < 1.29 is 18.0 Å². The van der Waals surface area contributed by atoms with Crippen molar-refractivity contribution in [2.75, 3.05) is 17.6 Å². The lowest BCUT2D eigenvalue weighted by Gasteiger charge is -2.37. The summed E-state index contributed by atoms with van der Waals surface area (Å²) >= 11 is 0. The number of carbonyl (C=O) groups excluding carboxylic acids is 2. The average Bonchev–Trinajstić information content (AvgIpc) is 2.52. The van der Waals surface area contributed by atoms with E-state index in [-0.39, 0.29) is 30.2 Å². The second kappa shape index (κ2) is 6.70. The van der Waals surface area contributed by atoms with Gasteiger partial charge >= 0.3 is 0 Å². The molecule has 0 aliphatic carbocycles. The maximum atomic E-state index is 12.7. The van der Waals surface area contributed by atoms with E-state index < -0.39 is 15.1 Å². The summed E-state index contributed by atoms with van der Waals surface area (Å²) in [6.07, 6.45) is 0.358. The molecule has 7 heteroatoms. The Morgan fingerprint density at radius 2 is 2.00 bits per heavy atom. The van der Waals surface area contributed by atoms with Crippen molar-refractivity contribution in [1.29, 1.82) is 0 Å². The van der Waals surface area contributed by atoms with E-state index in [2.05, 4.69) is 5.32 Å². The molecule has 0 aromatic heterocycles. The van der Waals surface area contributed by atoms with E-state index in [4.69, 9.17) is 0 Å². The second-order valence-corrected chi connectivity index (χ2v) is 8.27. The third kappa shape index (κ3) is 3.72. The molecular weight excluding hydrogens is 316 g/mol. The lowest BCUT2D eigenvalue weighted by molar-refractivity contribution is -0.115. The SMILES string of the molecule is CCC(=O)Nc1cccc(C(=O)N2CCS(=O)(=O)C(C)C2C)c1. The van der Waals surface area contributed by atoms with E-state index in [9.17, 15) is 18.0 Å². The van der Waals surface area contributed by atoms with Gasteiger partial charge in [0.15, 0.2) is 9.84 Å². The molecule has 0 spiro atoms. The van der Waals surface area contributed by atoms with E-state index in [1.54, 1.807) is 49.9 Å². The summed E-state index contributed by atoms with van der Waals surface area (Å²) in [5, 5.41) is 2.14. The van der Waals surface area contributed by atoms with Gasteiger partial charge in [-0.3, -0.25) is 9.59 Å². The summed E-state index contributed by atoms with van der Waals surface area (Å²) in [4.78, 5) is 25.7. The maximum absolute atomic E-state index is 12.7. The van der Waals surface area contributed by atoms with Gasteiger partial charge < -0.3 is 10.2 Å². The summed E-state index contributed by atoms with van der Waals surface area (Å²) in [6.45, 7) is 5.33. The molecule has 2 rings (SSSR count). The summed E-state index contributed by atoms with van der Waals surface area (Å²) in [7, 11) is -3.14. The minimum atomic E-state index is -3.14. The van der Waals surface area contributed by atoms with Crippen LogP contribution < -0.4 is 5.32 Å². The first-order valence-electron chi connectivity index (χ1n) is 7.68. The molecule has 1 aliphatic rings. The Bertz CT molecular complexity index is 715. The van der Waals surface area contributed by atoms with Gasteiger partial charge in [0.2, 0.25) is 5.91 Å². The largest absolute Gasteiger partial charge is 0.334 e. The third-order valence-corrected chi connectivity index (χ3v) is 6.61. The van der Waals surface area contributed by atoms with Gasteiger partial charge in [0.25, 0.3) is 5.91 Å². The van der Waals surface area contributed by atoms with Crippen molar-refractivity contribution in [2.45, 2.75) is 38.5 Å². The van der Waals surface area contributed by atoms with Gasteiger partial charge in [0, 0.05) is 30.3 Å². The first-order valence-corrected chi connectivity index (χ1v) is 9.40. The van der Waals surface area contributed by atoms with Crippen molar-refractivity contribution in [3.8, 4) is 0 Å². The first kappa shape index (κ1) is 17.5. The van der Waals surface area contributed by atoms with E-state index in [1.165, 1.54) is 0 Å². The molecule has 23 heavy (non-hydrogen) atoms. The van der Waals surface area contributed by atoms with Crippen LogP contribution in [0.15, 0.2) is 24.3 Å². The lowest BCUT2D eigenvalue weighted by Crippen LogP contribution is -2.54. The standard InChI is InChI=1S/C16H22N2O4S/c1-4-15(19)17-14-7-5-6-13(10-14)16(20)18-8-9-23(21,22)12(3)11(18)2/h5-7,10-12H,4,8-9H2,1-3H3,(H,17,19). The highest BCUT2D eigenvalue weighted by molar-refractivity contribution is 7.92. The van der Waals surface area contributed by atoms with Gasteiger partial charge in [0.1, 0.15) is 0 Å². The molecule has 2 atom stereocenters. The molecule has 0 bridgehead atoms. The minimum Gasteiger partial charge on any atom is -0.334 e. The van der Waals surface area contributed by atoms with Crippen molar-refractivity contribution in [1.82, 2.24) is 4.90 Å². The monoisotopic (exact) mass is 338 g/mol. The van der Waals surface area contributed by atoms with Gasteiger partial charge in [0.05, 0.1) is 11.0 Å². The Balaban J connectivity index is 2.21. The van der Waals surface area contributed by atoms with Gasteiger partial charge in [-0.05, 0) is 32.0 Å². The zero-order valence-electron chi connectivity index (χ0n) is 13.6. The second-order valence-electron chi connectivity index (χ2n) is 5.79. The van der Waals surface area contributed by atoms with Crippen LogP contribution in [-0.4, -0.2) is 48.7 Å². The highest BCUT2D eigenvalue weighted by atomic mass is 32.2. The quantitative estimate of drug-likeness (QED) is 0.909. The Labute approximate surface area is 136 Å². The molecule has 1 N–H and O–H groups in total. The molecule has 1 heterocycles. The number of benzene rings is 1. The predicted octanol–water partition coefficient (Wildman–Crippen LogP) is 1.68. The van der Waals surface area contributed by atoms with Gasteiger partial charge in [-0.25, -0.2) is 8.42 Å². The zero-order valence-corrected chi connectivity index (χ0v) is 14.4. The van der Waals surface area contributed by atoms with Crippen LogP contribution in [0.5, 0.6) is 0 Å². The zero-order chi connectivity index (χ0) is 17.2. The minimum absolute atomic E-state index is 0.0174. The molecule has 1 aromatic carbocycles. The van der Waals surface area contributed by atoms with E-state index >= 15 is 0 Å². The van der Waals surface area contributed by atoms with E-state index in [1.807, 2.05) is 0 Å². The van der Waals surface area contributed by atoms with Crippen molar-refractivity contribution in [3.05, 3.63) is 29.8 Å². The fourth-order valence-electron chi connectivity index (χ4n) is 2.60. The van der Waals surface area contributed by atoms with Crippen LogP contribution in [0.2, 0.25) is 0 Å². The Morgan fingerprint density at radius 1 is 1.30 bits per heavy atom. The number of carbonyl (C=O) groups is 2.